The summed E-state index contributed by atoms with van der Waals surface area (Å²) in [6.45, 7) is 5.24. The predicted octanol–water partition coefficient (Wildman–Crippen LogP) is 2.90. The zero-order valence-electron chi connectivity index (χ0n) is 16.2. The Morgan fingerprint density at radius 2 is 1.72 bits per heavy atom. The molecule has 7 nitrogen and oxygen atoms in total. The second-order valence-corrected chi connectivity index (χ2v) is 8.04. The van der Waals surface area contributed by atoms with E-state index >= 15 is 0 Å². The van der Waals surface area contributed by atoms with Crippen molar-refractivity contribution in [2.45, 2.75) is 19.1 Å². The maximum Gasteiger partial charge on any atom is 0.262 e. The van der Waals surface area contributed by atoms with E-state index in [4.69, 9.17) is 4.74 Å². The van der Waals surface area contributed by atoms with Crippen LogP contribution in [0, 0.1) is 0 Å². The minimum atomic E-state index is -3.43. The maximum atomic E-state index is 12.0. The van der Waals surface area contributed by atoms with Gasteiger partial charge < -0.3 is 10.1 Å². The highest BCUT2D eigenvalue weighted by atomic mass is 32.2. The number of benzene rings is 2. The van der Waals surface area contributed by atoms with Gasteiger partial charge in [0.1, 0.15) is 5.75 Å². The molecule has 0 fully saturated rings. The zero-order valence-corrected chi connectivity index (χ0v) is 17.0. The minimum Gasteiger partial charge on any atom is -0.484 e. The van der Waals surface area contributed by atoms with Gasteiger partial charge in [0.25, 0.3) is 5.91 Å². The van der Waals surface area contributed by atoms with Crippen molar-refractivity contribution in [1.29, 1.82) is 0 Å². The van der Waals surface area contributed by atoms with Crippen molar-refractivity contribution in [3.8, 4) is 5.75 Å². The molecule has 2 N–H and O–H groups in total. The highest BCUT2D eigenvalue weighted by molar-refractivity contribution is 7.88. The van der Waals surface area contributed by atoms with E-state index in [9.17, 15) is 18.0 Å². The molecule has 0 aliphatic carbocycles. The van der Waals surface area contributed by atoms with E-state index in [1.54, 1.807) is 55.5 Å². The number of hydrogen-bond donors (Lipinski definition) is 2. The van der Waals surface area contributed by atoms with Crippen LogP contribution in [0.4, 0.5) is 5.69 Å². The summed E-state index contributed by atoms with van der Waals surface area (Å²) in [4.78, 5) is 23.6. The van der Waals surface area contributed by atoms with Gasteiger partial charge in [-0.3, -0.25) is 9.59 Å². The monoisotopic (exact) mass is 416 g/mol. The number of nitrogens with one attached hydrogen (secondary N) is 2. The van der Waals surface area contributed by atoms with Crippen molar-refractivity contribution in [1.82, 2.24) is 4.72 Å². The van der Waals surface area contributed by atoms with E-state index in [1.165, 1.54) is 6.08 Å². The minimum absolute atomic E-state index is 0.0435. The zero-order chi connectivity index (χ0) is 21.3. The number of anilines is 1. The molecular weight excluding hydrogens is 392 g/mol. The Hall–Kier alpha value is -2.97. The Bertz CT molecular complexity index is 952. The lowest BCUT2D eigenvalue weighted by atomic mass is 10.1. The van der Waals surface area contributed by atoms with Gasteiger partial charge in [-0.25, -0.2) is 13.1 Å². The first-order chi connectivity index (χ1) is 13.8. The average Bonchev–Trinajstić information content (AvgIpc) is 2.72. The lowest BCUT2D eigenvalue weighted by Gasteiger charge is -2.09. The highest BCUT2D eigenvalue weighted by Gasteiger charge is 2.11. The van der Waals surface area contributed by atoms with Crippen molar-refractivity contribution in [3.05, 3.63) is 72.3 Å². The molecule has 0 aliphatic heterocycles. The fourth-order valence-corrected chi connectivity index (χ4v) is 3.53. The quantitative estimate of drug-likeness (QED) is 0.433. The largest absolute Gasteiger partial charge is 0.484 e. The standard InChI is InChI=1S/C21H24N2O5S/c1-3-13-22-29(26,27)15-16-5-9-18(10-6-16)23-21(25)14-28-19-11-7-17(8-12-19)20(24)4-2/h3,5-12,22H,1,4,13-15H2,2H3,(H,23,25). The van der Waals surface area contributed by atoms with Gasteiger partial charge >= 0.3 is 0 Å². The van der Waals surface area contributed by atoms with Crippen LogP contribution in [0.3, 0.4) is 0 Å². The van der Waals surface area contributed by atoms with Gasteiger partial charge in [0, 0.05) is 24.2 Å². The fourth-order valence-electron chi connectivity index (χ4n) is 2.43. The molecule has 154 valence electrons. The highest BCUT2D eigenvalue weighted by Crippen LogP contribution is 2.14. The Labute approximate surface area is 170 Å². The van der Waals surface area contributed by atoms with Crippen molar-refractivity contribution >= 4 is 27.4 Å². The summed E-state index contributed by atoms with van der Waals surface area (Å²) in [5.74, 6) is 0.0171. The Morgan fingerprint density at radius 3 is 2.31 bits per heavy atom. The maximum absolute atomic E-state index is 12.0. The molecule has 0 bridgehead atoms. The number of rotatable bonds is 11. The van der Waals surface area contributed by atoms with Gasteiger partial charge in [0.05, 0.1) is 5.75 Å². The van der Waals surface area contributed by atoms with Crippen molar-refractivity contribution in [3.63, 3.8) is 0 Å². The van der Waals surface area contributed by atoms with Crippen LogP contribution in [0.1, 0.15) is 29.3 Å². The number of sulfonamides is 1. The third kappa shape index (κ3) is 7.52. The van der Waals surface area contributed by atoms with Crippen LogP contribution in [0.2, 0.25) is 0 Å². The summed E-state index contributed by atoms with van der Waals surface area (Å²) in [6, 6.07) is 13.1. The molecule has 29 heavy (non-hydrogen) atoms. The third-order valence-corrected chi connectivity index (χ3v) is 5.23. The molecule has 8 heteroatoms. The number of ketones is 1. The lowest BCUT2D eigenvalue weighted by Crippen LogP contribution is -2.25. The average molecular weight is 416 g/mol. The SMILES string of the molecule is C=CCNS(=O)(=O)Cc1ccc(NC(=O)COc2ccc(C(=O)CC)cc2)cc1. The van der Waals surface area contributed by atoms with E-state index < -0.39 is 10.0 Å². The predicted molar refractivity (Wildman–Crippen MR) is 112 cm³/mol. The van der Waals surface area contributed by atoms with Crippen LogP contribution >= 0.6 is 0 Å². The molecule has 0 saturated heterocycles. The van der Waals surface area contributed by atoms with Crippen LogP contribution in [-0.2, 0) is 20.6 Å². The van der Waals surface area contributed by atoms with E-state index in [0.717, 1.165) is 0 Å². The van der Waals surface area contributed by atoms with Crippen molar-refractivity contribution in [2.24, 2.45) is 0 Å². The van der Waals surface area contributed by atoms with Gasteiger partial charge in [0.2, 0.25) is 10.0 Å². The molecule has 2 rings (SSSR count). The van der Waals surface area contributed by atoms with Crippen LogP contribution in [0.5, 0.6) is 5.75 Å². The number of ether oxygens (including phenoxy) is 1. The Balaban J connectivity index is 1.84. The first-order valence-electron chi connectivity index (χ1n) is 9.06. The number of amides is 1. The van der Waals surface area contributed by atoms with Gasteiger partial charge in [-0.05, 0) is 42.0 Å². The normalized spacial score (nSPS) is 10.9. The first-order valence-corrected chi connectivity index (χ1v) is 10.7. The van der Waals surface area contributed by atoms with Crippen LogP contribution in [0.15, 0.2) is 61.2 Å². The summed E-state index contributed by atoms with van der Waals surface area (Å²) in [7, 11) is -3.43. The van der Waals surface area contributed by atoms with Crippen molar-refractivity contribution in [2.75, 3.05) is 18.5 Å². The summed E-state index contributed by atoms with van der Waals surface area (Å²) in [5, 5.41) is 2.68. The lowest BCUT2D eigenvalue weighted by molar-refractivity contribution is -0.118. The number of carbonyl (C=O) groups excluding carboxylic acids is 2. The van der Waals surface area contributed by atoms with E-state index in [-0.39, 0.29) is 30.6 Å². The molecule has 2 aromatic carbocycles. The van der Waals surface area contributed by atoms with Gasteiger partial charge in [0.15, 0.2) is 12.4 Å². The Kier molecular flexibility index (Phi) is 8.11. The van der Waals surface area contributed by atoms with Crippen LogP contribution in [-0.4, -0.2) is 33.3 Å². The molecule has 2 aromatic rings. The Morgan fingerprint density at radius 1 is 1.07 bits per heavy atom. The molecule has 1 amide bonds. The summed E-state index contributed by atoms with van der Waals surface area (Å²) < 4.78 is 31.5. The van der Waals surface area contributed by atoms with Gasteiger partial charge in [-0.2, -0.15) is 0 Å². The van der Waals surface area contributed by atoms with Crippen LogP contribution in [0.25, 0.3) is 0 Å². The van der Waals surface area contributed by atoms with E-state index in [2.05, 4.69) is 16.6 Å². The van der Waals surface area contributed by atoms with Gasteiger partial charge in [-0.1, -0.05) is 25.1 Å². The van der Waals surface area contributed by atoms with Gasteiger partial charge in [-0.15, -0.1) is 6.58 Å². The molecule has 0 aromatic heterocycles. The third-order valence-electron chi connectivity index (χ3n) is 3.91. The number of carbonyl (C=O) groups is 2. The number of hydrogen-bond acceptors (Lipinski definition) is 5. The summed E-state index contributed by atoms with van der Waals surface area (Å²) in [5.41, 5.74) is 1.73. The van der Waals surface area contributed by atoms with Crippen LogP contribution < -0.4 is 14.8 Å². The molecular formula is C21H24N2O5S. The fraction of sp³-hybridized carbons (Fsp3) is 0.238. The molecule has 0 aliphatic rings. The molecule has 0 radical (unpaired) electrons. The smallest absolute Gasteiger partial charge is 0.262 e. The number of Topliss-reactive ketones (excluding diaryl/α,β-unsaturated/α-hetero) is 1. The molecule has 0 saturated carbocycles. The second kappa shape index (κ2) is 10.5. The molecule has 0 spiro atoms. The molecule has 0 atom stereocenters. The second-order valence-electron chi connectivity index (χ2n) is 6.23. The van der Waals surface area contributed by atoms with E-state index in [1.807, 2.05) is 0 Å². The van der Waals surface area contributed by atoms with Crippen molar-refractivity contribution < 1.29 is 22.7 Å². The topological polar surface area (TPSA) is 102 Å². The molecule has 0 unspecified atom stereocenters. The summed E-state index contributed by atoms with van der Waals surface area (Å²) in [6.07, 6.45) is 1.90. The molecule has 0 heterocycles. The van der Waals surface area contributed by atoms with E-state index in [0.29, 0.717) is 29.0 Å². The summed E-state index contributed by atoms with van der Waals surface area (Å²) >= 11 is 0. The first kappa shape index (κ1) is 22.3.